The number of anilines is 1. The molecule has 4 aromatic rings. The molecule has 1 aromatic heterocycles. The zero-order valence-corrected chi connectivity index (χ0v) is 20.2. The number of carbonyl (C=O) groups is 1. The lowest BCUT2D eigenvalue weighted by atomic mass is 10.0. The quantitative estimate of drug-likeness (QED) is 0.365. The summed E-state index contributed by atoms with van der Waals surface area (Å²) >= 11 is 0. The van der Waals surface area contributed by atoms with Crippen LogP contribution in [-0.2, 0) is 4.79 Å². The Labute approximate surface area is 207 Å². The van der Waals surface area contributed by atoms with Crippen LogP contribution in [0.15, 0.2) is 70.1 Å². The molecule has 0 saturated heterocycles. The van der Waals surface area contributed by atoms with Crippen LogP contribution in [-0.4, -0.2) is 41.0 Å². The van der Waals surface area contributed by atoms with Crippen LogP contribution < -0.4 is 34.4 Å². The van der Waals surface area contributed by atoms with Crippen molar-refractivity contribution in [2.45, 2.75) is 0 Å². The highest BCUT2D eigenvalue weighted by atomic mass is 16.5. The number of hydrogen-bond donors (Lipinski definition) is 1. The van der Waals surface area contributed by atoms with E-state index in [1.54, 1.807) is 68.8 Å². The molecule has 3 aromatic carbocycles. The molecule has 9 heteroatoms. The molecule has 0 aliphatic carbocycles. The lowest BCUT2D eigenvalue weighted by Gasteiger charge is -2.12. The Hall–Kier alpha value is -4.66. The first-order valence-corrected chi connectivity index (χ1v) is 10.9. The van der Waals surface area contributed by atoms with Gasteiger partial charge in [-0.25, -0.2) is 0 Å². The van der Waals surface area contributed by atoms with Gasteiger partial charge in [-0.05, 0) is 42.0 Å². The molecule has 0 atom stereocenters. The molecule has 186 valence electrons. The van der Waals surface area contributed by atoms with Crippen LogP contribution in [0.4, 0.5) is 5.69 Å². The average Bonchev–Trinajstić information content (AvgIpc) is 2.91. The maximum Gasteiger partial charge on any atom is 0.262 e. The maximum absolute atomic E-state index is 13.1. The fourth-order valence-corrected chi connectivity index (χ4v) is 3.64. The third-order valence-corrected chi connectivity index (χ3v) is 5.49. The topological polar surface area (TPSA) is 105 Å². The molecule has 0 radical (unpaired) electrons. The third kappa shape index (κ3) is 5.05. The van der Waals surface area contributed by atoms with Crippen molar-refractivity contribution >= 4 is 22.6 Å². The standard InChI is InChI=1S/C27H25NO8/c1-31-17-7-9-21(24(12-17)33-3)28-26(29)15-35-18-6-8-19-23(13-18)36-14-20(27(19)30)16-5-10-22(32-2)25(11-16)34-4/h5-14H,15H2,1-4H3,(H,28,29). The lowest BCUT2D eigenvalue weighted by Crippen LogP contribution is -2.20. The van der Waals surface area contributed by atoms with Gasteiger partial charge < -0.3 is 33.4 Å². The molecule has 0 fully saturated rings. The zero-order valence-electron chi connectivity index (χ0n) is 20.2. The van der Waals surface area contributed by atoms with Gasteiger partial charge in [0.15, 0.2) is 23.5 Å². The highest BCUT2D eigenvalue weighted by Crippen LogP contribution is 2.32. The Balaban J connectivity index is 1.49. The minimum absolute atomic E-state index is 0.209. The minimum Gasteiger partial charge on any atom is -0.497 e. The van der Waals surface area contributed by atoms with Gasteiger partial charge in [0.25, 0.3) is 5.91 Å². The monoisotopic (exact) mass is 491 g/mol. The second-order valence-corrected chi connectivity index (χ2v) is 7.61. The van der Waals surface area contributed by atoms with Crippen molar-refractivity contribution in [3.05, 3.63) is 71.1 Å². The van der Waals surface area contributed by atoms with Gasteiger partial charge in [-0.1, -0.05) is 6.07 Å². The van der Waals surface area contributed by atoms with E-state index in [1.807, 2.05) is 0 Å². The number of methoxy groups -OCH3 is 4. The zero-order chi connectivity index (χ0) is 25.7. The third-order valence-electron chi connectivity index (χ3n) is 5.49. The molecule has 4 rings (SSSR count). The van der Waals surface area contributed by atoms with Gasteiger partial charge in [-0.15, -0.1) is 0 Å². The van der Waals surface area contributed by atoms with Crippen molar-refractivity contribution in [1.82, 2.24) is 0 Å². The fraction of sp³-hybridized carbons (Fsp3) is 0.185. The van der Waals surface area contributed by atoms with E-state index in [9.17, 15) is 9.59 Å². The van der Waals surface area contributed by atoms with Crippen molar-refractivity contribution < 1.29 is 32.9 Å². The van der Waals surface area contributed by atoms with Crippen LogP contribution in [0, 0.1) is 0 Å². The van der Waals surface area contributed by atoms with E-state index in [0.29, 0.717) is 56.5 Å². The van der Waals surface area contributed by atoms with Gasteiger partial charge in [0, 0.05) is 12.1 Å². The fourth-order valence-electron chi connectivity index (χ4n) is 3.64. The predicted octanol–water partition coefficient (Wildman–Crippen LogP) is 4.51. The summed E-state index contributed by atoms with van der Waals surface area (Å²) in [5, 5.41) is 3.11. The second-order valence-electron chi connectivity index (χ2n) is 7.61. The van der Waals surface area contributed by atoms with E-state index < -0.39 is 0 Å². The number of amides is 1. The first-order chi connectivity index (χ1) is 17.5. The van der Waals surface area contributed by atoms with Crippen LogP contribution >= 0.6 is 0 Å². The molecule has 0 saturated carbocycles. The Kier molecular flexibility index (Phi) is 7.29. The Bertz CT molecular complexity index is 1460. The molecular weight excluding hydrogens is 466 g/mol. The van der Waals surface area contributed by atoms with Gasteiger partial charge in [0.1, 0.15) is 29.1 Å². The summed E-state index contributed by atoms with van der Waals surface area (Å²) in [4.78, 5) is 25.5. The number of hydrogen-bond acceptors (Lipinski definition) is 8. The first kappa shape index (κ1) is 24.5. The van der Waals surface area contributed by atoms with E-state index in [1.165, 1.54) is 20.5 Å². The molecule has 1 amide bonds. The molecular formula is C27H25NO8. The number of fused-ring (bicyclic) bond motifs is 1. The summed E-state index contributed by atoms with van der Waals surface area (Å²) < 4.78 is 32.4. The van der Waals surface area contributed by atoms with Crippen molar-refractivity contribution in [3.63, 3.8) is 0 Å². The van der Waals surface area contributed by atoms with E-state index in [4.69, 9.17) is 28.1 Å². The normalized spacial score (nSPS) is 10.6. The van der Waals surface area contributed by atoms with Crippen LogP contribution in [0.2, 0.25) is 0 Å². The van der Waals surface area contributed by atoms with Crippen LogP contribution in [0.5, 0.6) is 28.7 Å². The summed E-state index contributed by atoms with van der Waals surface area (Å²) in [7, 11) is 6.12. The van der Waals surface area contributed by atoms with E-state index >= 15 is 0 Å². The molecule has 36 heavy (non-hydrogen) atoms. The summed E-state index contributed by atoms with van der Waals surface area (Å²) in [6.07, 6.45) is 1.39. The molecule has 1 N–H and O–H groups in total. The molecule has 0 spiro atoms. The second kappa shape index (κ2) is 10.7. The van der Waals surface area contributed by atoms with Gasteiger partial charge in [0.05, 0.1) is 45.1 Å². The number of carbonyl (C=O) groups excluding carboxylic acids is 1. The van der Waals surface area contributed by atoms with Crippen molar-refractivity contribution in [1.29, 1.82) is 0 Å². The molecule has 1 heterocycles. The largest absolute Gasteiger partial charge is 0.497 e. The summed E-state index contributed by atoms with van der Waals surface area (Å²) in [6.45, 7) is -0.255. The first-order valence-electron chi connectivity index (χ1n) is 10.9. The molecule has 0 aliphatic rings. The van der Waals surface area contributed by atoms with E-state index in [0.717, 1.165) is 0 Å². The van der Waals surface area contributed by atoms with E-state index in [-0.39, 0.29) is 17.9 Å². The number of rotatable bonds is 9. The van der Waals surface area contributed by atoms with Gasteiger partial charge in [-0.2, -0.15) is 0 Å². The Morgan fingerprint density at radius 2 is 1.56 bits per heavy atom. The Morgan fingerprint density at radius 3 is 2.28 bits per heavy atom. The molecule has 0 aliphatic heterocycles. The SMILES string of the molecule is COc1ccc(NC(=O)COc2ccc3c(=O)c(-c4ccc(OC)c(OC)c4)coc3c2)c(OC)c1. The van der Waals surface area contributed by atoms with E-state index in [2.05, 4.69) is 5.32 Å². The Morgan fingerprint density at radius 1 is 0.806 bits per heavy atom. The van der Waals surface area contributed by atoms with Crippen LogP contribution in [0.3, 0.4) is 0 Å². The summed E-state index contributed by atoms with van der Waals surface area (Å²) in [6, 6.07) is 15.0. The number of benzene rings is 3. The average molecular weight is 491 g/mol. The van der Waals surface area contributed by atoms with Crippen LogP contribution in [0.25, 0.3) is 22.1 Å². The van der Waals surface area contributed by atoms with Crippen molar-refractivity contribution in [3.8, 4) is 39.9 Å². The highest BCUT2D eigenvalue weighted by Gasteiger charge is 2.14. The smallest absolute Gasteiger partial charge is 0.262 e. The predicted molar refractivity (Wildman–Crippen MR) is 135 cm³/mol. The lowest BCUT2D eigenvalue weighted by molar-refractivity contribution is -0.118. The number of ether oxygens (including phenoxy) is 5. The molecule has 0 bridgehead atoms. The highest BCUT2D eigenvalue weighted by molar-refractivity contribution is 5.93. The van der Waals surface area contributed by atoms with Gasteiger partial charge in [-0.3, -0.25) is 9.59 Å². The molecule has 0 unspecified atom stereocenters. The molecule has 9 nitrogen and oxygen atoms in total. The van der Waals surface area contributed by atoms with Gasteiger partial charge >= 0.3 is 0 Å². The van der Waals surface area contributed by atoms with Crippen molar-refractivity contribution in [2.75, 3.05) is 40.4 Å². The summed E-state index contributed by atoms with van der Waals surface area (Å²) in [5.41, 5.74) is 1.62. The maximum atomic E-state index is 13.1. The van der Waals surface area contributed by atoms with Crippen LogP contribution in [0.1, 0.15) is 0 Å². The number of nitrogens with one attached hydrogen (secondary N) is 1. The van der Waals surface area contributed by atoms with Gasteiger partial charge in [0.2, 0.25) is 0 Å². The minimum atomic E-state index is -0.385. The summed E-state index contributed by atoms with van der Waals surface area (Å²) in [5.74, 6) is 2.12. The van der Waals surface area contributed by atoms with Crippen molar-refractivity contribution in [2.24, 2.45) is 0 Å².